The molecule has 0 spiro atoms. The molecular formula is C15H13NO2S. The molecule has 0 aliphatic rings. The Hall–Kier alpha value is -1.94. The third-order valence-electron chi connectivity index (χ3n) is 2.97. The fourth-order valence-corrected chi connectivity index (χ4v) is 2.97. The second-order valence-corrected chi connectivity index (χ2v) is 5.49. The van der Waals surface area contributed by atoms with Gasteiger partial charge in [-0.25, -0.2) is 0 Å². The molecule has 4 heteroatoms. The van der Waals surface area contributed by atoms with Crippen LogP contribution in [0.25, 0.3) is 21.9 Å². The van der Waals surface area contributed by atoms with Crippen LogP contribution in [0, 0.1) is 0 Å². The van der Waals surface area contributed by atoms with Gasteiger partial charge in [0.05, 0.1) is 0 Å². The van der Waals surface area contributed by atoms with Crippen molar-refractivity contribution in [1.29, 1.82) is 0 Å². The standard InChI is InChI=1S/C15H13NO2S/c16-15(17)7-8-19-10-5-6-14-12(9-10)11-3-1-2-4-13(11)18-14/h1-6,9H,7-8H2,(H2,16,17). The Balaban J connectivity index is 1.95. The first kappa shape index (κ1) is 12.1. The normalized spacial score (nSPS) is 11.2. The highest BCUT2D eigenvalue weighted by Crippen LogP contribution is 2.31. The van der Waals surface area contributed by atoms with Crippen molar-refractivity contribution in [3.8, 4) is 0 Å². The van der Waals surface area contributed by atoms with E-state index in [2.05, 4.69) is 12.1 Å². The van der Waals surface area contributed by atoms with Gasteiger partial charge in [-0.15, -0.1) is 11.8 Å². The first-order valence-electron chi connectivity index (χ1n) is 6.06. The van der Waals surface area contributed by atoms with Crippen LogP contribution in [0.5, 0.6) is 0 Å². The van der Waals surface area contributed by atoms with Crippen LogP contribution in [0.3, 0.4) is 0 Å². The van der Waals surface area contributed by atoms with E-state index in [-0.39, 0.29) is 5.91 Å². The van der Waals surface area contributed by atoms with Gasteiger partial charge in [0.25, 0.3) is 0 Å². The SMILES string of the molecule is NC(=O)CCSc1ccc2oc3ccccc3c2c1. The molecule has 0 unspecified atom stereocenters. The van der Waals surface area contributed by atoms with Gasteiger partial charge in [-0.2, -0.15) is 0 Å². The van der Waals surface area contributed by atoms with E-state index in [4.69, 9.17) is 10.2 Å². The molecule has 0 atom stereocenters. The third-order valence-corrected chi connectivity index (χ3v) is 3.96. The van der Waals surface area contributed by atoms with Gasteiger partial charge in [-0.1, -0.05) is 18.2 Å². The number of amides is 1. The van der Waals surface area contributed by atoms with E-state index in [0.717, 1.165) is 26.8 Å². The maximum Gasteiger partial charge on any atom is 0.218 e. The lowest BCUT2D eigenvalue weighted by atomic mass is 10.1. The first-order valence-corrected chi connectivity index (χ1v) is 7.05. The van der Waals surface area contributed by atoms with Gasteiger partial charge < -0.3 is 10.2 Å². The summed E-state index contributed by atoms with van der Waals surface area (Å²) < 4.78 is 5.77. The molecule has 0 fully saturated rings. The lowest BCUT2D eigenvalue weighted by Gasteiger charge is -1.99. The van der Waals surface area contributed by atoms with E-state index in [1.807, 2.05) is 30.3 Å². The van der Waals surface area contributed by atoms with Crippen LogP contribution in [0.4, 0.5) is 0 Å². The molecular weight excluding hydrogens is 258 g/mol. The number of rotatable bonds is 4. The summed E-state index contributed by atoms with van der Waals surface area (Å²) in [5.41, 5.74) is 6.93. The minimum absolute atomic E-state index is 0.262. The number of hydrogen-bond acceptors (Lipinski definition) is 3. The van der Waals surface area contributed by atoms with Crippen LogP contribution in [0.1, 0.15) is 6.42 Å². The summed E-state index contributed by atoms with van der Waals surface area (Å²) in [7, 11) is 0. The average Bonchev–Trinajstić information content (AvgIpc) is 2.76. The lowest BCUT2D eigenvalue weighted by molar-refractivity contribution is -0.117. The fourth-order valence-electron chi connectivity index (χ4n) is 2.06. The summed E-state index contributed by atoms with van der Waals surface area (Å²) in [6.45, 7) is 0. The van der Waals surface area contributed by atoms with E-state index in [1.165, 1.54) is 0 Å². The summed E-state index contributed by atoms with van der Waals surface area (Å²) >= 11 is 1.63. The smallest absolute Gasteiger partial charge is 0.218 e. The van der Waals surface area contributed by atoms with Crippen LogP contribution in [-0.4, -0.2) is 11.7 Å². The van der Waals surface area contributed by atoms with Crippen LogP contribution in [-0.2, 0) is 4.79 Å². The van der Waals surface area contributed by atoms with Gasteiger partial charge in [-0.05, 0) is 24.3 Å². The van der Waals surface area contributed by atoms with Gasteiger partial charge in [-0.3, -0.25) is 4.79 Å². The second-order valence-electron chi connectivity index (χ2n) is 4.32. The van der Waals surface area contributed by atoms with Crippen LogP contribution in [0.15, 0.2) is 51.8 Å². The van der Waals surface area contributed by atoms with Crippen molar-refractivity contribution in [2.45, 2.75) is 11.3 Å². The summed E-state index contributed by atoms with van der Waals surface area (Å²) in [4.78, 5) is 11.9. The Bertz CT molecular complexity index is 748. The predicted octanol–water partition coefficient (Wildman–Crippen LogP) is 3.55. The summed E-state index contributed by atoms with van der Waals surface area (Å²) in [6.07, 6.45) is 0.398. The van der Waals surface area contributed by atoms with Crippen LogP contribution in [0.2, 0.25) is 0 Å². The lowest BCUT2D eigenvalue weighted by Crippen LogP contribution is -2.10. The van der Waals surface area contributed by atoms with E-state index in [9.17, 15) is 4.79 Å². The van der Waals surface area contributed by atoms with Crippen molar-refractivity contribution < 1.29 is 9.21 Å². The number of furan rings is 1. The van der Waals surface area contributed by atoms with Crippen molar-refractivity contribution in [3.05, 3.63) is 42.5 Å². The molecule has 0 saturated carbocycles. The maximum absolute atomic E-state index is 10.7. The zero-order valence-corrected chi connectivity index (χ0v) is 11.1. The number of hydrogen-bond donors (Lipinski definition) is 1. The minimum Gasteiger partial charge on any atom is -0.456 e. The second kappa shape index (κ2) is 4.97. The molecule has 0 radical (unpaired) electrons. The number of benzene rings is 2. The first-order chi connectivity index (χ1) is 9.24. The zero-order chi connectivity index (χ0) is 13.2. The number of carbonyl (C=O) groups is 1. The van der Waals surface area contributed by atoms with Crippen molar-refractivity contribution in [2.24, 2.45) is 5.73 Å². The molecule has 0 aliphatic heterocycles. The quantitative estimate of drug-likeness (QED) is 0.738. The molecule has 0 bridgehead atoms. The molecule has 2 N–H and O–H groups in total. The zero-order valence-electron chi connectivity index (χ0n) is 10.3. The molecule has 1 amide bonds. The Morgan fingerprint density at radius 2 is 1.89 bits per heavy atom. The summed E-state index contributed by atoms with van der Waals surface area (Å²) in [6, 6.07) is 14.1. The molecule has 96 valence electrons. The third kappa shape index (κ3) is 2.44. The van der Waals surface area contributed by atoms with Crippen LogP contribution >= 0.6 is 11.8 Å². The average molecular weight is 271 g/mol. The van der Waals surface area contributed by atoms with Crippen molar-refractivity contribution >= 4 is 39.6 Å². The van der Waals surface area contributed by atoms with Crippen molar-refractivity contribution in [3.63, 3.8) is 0 Å². The van der Waals surface area contributed by atoms with Crippen molar-refractivity contribution in [1.82, 2.24) is 0 Å². The van der Waals surface area contributed by atoms with E-state index in [1.54, 1.807) is 11.8 Å². The largest absolute Gasteiger partial charge is 0.456 e. The molecule has 3 rings (SSSR count). The summed E-state index contributed by atoms with van der Waals surface area (Å²) in [5.74, 6) is 0.443. The fraction of sp³-hybridized carbons (Fsp3) is 0.133. The molecule has 0 aliphatic carbocycles. The molecule has 0 saturated heterocycles. The van der Waals surface area contributed by atoms with E-state index >= 15 is 0 Å². The molecule has 3 aromatic rings. The number of primary amides is 1. The Labute approximate surface area is 114 Å². The van der Waals surface area contributed by atoms with Crippen LogP contribution < -0.4 is 5.73 Å². The number of nitrogens with two attached hydrogens (primary N) is 1. The Kier molecular flexibility index (Phi) is 3.17. The minimum atomic E-state index is -0.262. The number of carbonyl (C=O) groups excluding carboxylic acids is 1. The van der Waals surface area contributed by atoms with Gasteiger partial charge >= 0.3 is 0 Å². The number of para-hydroxylation sites is 1. The predicted molar refractivity (Wildman–Crippen MR) is 78.3 cm³/mol. The van der Waals surface area contributed by atoms with E-state index < -0.39 is 0 Å². The van der Waals surface area contributed by atoms with Gasteiger partial charge in [0.15, 0.2) is 0 Å². The monoisotopic (exact) mass is 271 g/mol. The van der Waals surface area contributed by atoms with Crippen molar-refractivity contribution in [2.75, 3.05) is 5.75 Å². The highest BCUT2D eigenvalue weighted by molar-refractivity contribution is 7.99. The highest BCUT2D eigenvalue weighted by Gasteiger charge is 2.07. The maximum atomic E-state index is 10.7. The van der Waals surface area contributed by atoms with Gasteiger partial charge in [0.1, 0.15) is 11.2 Å². The number of thioether (sulfide) groups is 1. The number of fused-ring (bicyclic) bond motifs is 3. The molecule has 1 aromatic heterocycles. The summed E-state index contributed by atoms with van der Waals surface area (Å²) in [5, 5.41) is 2.23. The molecule has 3 nitrogen and oxygen atoms in total. The molecule has 1 heterocycles. The molecule has 2 aromatic carbocycles. The Morgan fingerprint density at radius 3 is 2.74 bits per heavy atom. The Morgan fingerprint density at radius 1 is 1.11 bits per heavy atom. The van der Waals surface area contributed by atoms with Gasteiger partial charge in [0.2, 0.25) is 5.91 Å². The van der Waals surface area contributed by atoms with Gasteiger partial charge in [0, 0.05) is 27.8 Å². The molecule has 19 heavy (non-hydrogen) atoms. The topological polar surface area (TPSA) is 56.2 Å². The highest BCUT2D eigenvalue weighted by atomic mass is 32.2. The van der Waals surface area contributed by atoms with E-state index in [0.29, 0.717) is 12.2 Å².